The van der Waals surface area contributed by atoms with Gasteiger partial charge in [0.1, 0.15) is 0 Å². The minimum atomic E-state index is -1.03. The van der Waals surface area contributed by atoms with Gasteiger partial charge in [0.05, 0.1) is 17.8 Å². The molecule has 1 aromatic heterocycles. The van der Waals surface area contributed by atoms with Crippen molar-refractivity contribution in [2.75, 3.05) is 0 Å². The summed E-state index contributed by atoms with van der Waals surface area (Å²) in [6.45, 7) is 4.30. The Morgan fingerprint density at radius 1 is 1.73 bits per heavy atom. The fraction of sp³-hybridized carbons (Fsp3) is 0.500. The lowest BCUT2D eigenvalue weighted by Crippen LogP contribution is -2.11. The first-order chi connectivity index (χ1) is 6.94. The topological polar surface area (TPSA) is 78.9 Å². The van der Waals surface area contributed by atoms with Crippen molar-refractivity contribution in [1.29, 1.82) is 5.26 Å². The van der Waals surface area contributed by atoms with E-state index in [-0.39, 0.29) is 5.69 Å². The SMILES string of the molecule is CC(C)(C#N)CCn1cnc(C(=O)O)c1. The number of nitriles is 1. The smallest absolute Gasteiger partial charge is 0.356 e. The number of carboxylic acid groups (broad SMARTS) is 1. The van der Waals surface area contributed by atoms with E-state index in [1.807, 2.05) is 13.8 Å². The lowest BCUT2D eigenvalue weighted by atomic mass is 9.91. The van der Waals surface area contributed by atoms with Gasteiger partial charge in [0, 0.05) is 12.7 Å². The Bertz CT molecular complexity index is 401. The van der Waals surface area contributed by atoms with Crippen molar-refractivity contribution in [3.63, 3.8) is 0 Å². The summed E-state index contributed by atoms with van der Waals surface area (Å²) in [7, 11) is 0. The number of carbonyl (C=O) groups is 1. The van der Waals surface area contributed by atoms with Crippen LogP contribution < -0.4 is 0 Å². The number of carboxylic acids is 1. The van der Waals surface area contributed by atoms with E-state index >= 15 is 0 Å². The van der Waals surface area contributed by atoms with Gasteiger partial charge in [-0.05, 0) is 20.3 Å². The zero-order valence-corrected chi connectivity index (χ0v) is 8.77. The van der Waals surface area contributed by atoms with E-state index in [1.54, 1.807) is 4.57 Å². The molecule has 0 aromatic carbocycles. The molecular weight excluding hydrogens is 194 g/mol. The summed E-state index contributed by atoms with van der Waals surface area (Å²) >= 11 is 0. The van der Waals surface area contributed by atoms with Gasteiger partial charge in [-0.1, -0.05) is 0 Å². The maximum absolute atomic E-state index is 10.5. The number of aromatic nitrogens is 2. The minimum absolute atomic E-state index is 0.0322. The number of hydrogen-bond donors (Lipinski definition) is 1. The van der Waals surface area contributed by atoms with Crippen LogP contribution in [-0.4, -0.2) is 20.6 Å². The third kappa shape index (κ3) is 3.09. The van der Waals surface area contributed by atoms with Crippen LogP contribution in [0.25, 0.3) is 0 Å². The molecule has 0 saturated heterocycles. The average Bonchev–Trinajstić information content (AvgIpc) is 2.63. The second-order valence-electron chi connectivity index (χ2n) is 4.05. The van der Waals surface area contributed by atoms with Crippen LogP contribution in [-0.2, 0) is 6.54 Å². The summed E-state index contributed by atoms with van der Waals surface area (Å²) in [6, 6.07) is 2.19. The molecule has 0 unspecified atom stereocenters. The Hall–Kier alpha value is -1.83. The molecule has 0 aliphatic carbocycles. The molecule has 1 aromatic rings. The summed E-state index contributed by atoms with van der Waals surface area (Å²) in [5, 5.41) is 17.4. The average molecular weight is 207 g/mol. The van der Waals surface area contributed by atoms with Crippen molar-refractivity contribution < 1.29 is 9.90 Å². The summed E-state index contributed by atoms with van der Waals surface area (Å²) in [4.78, 5) is 14.3. The number of rotatable bonds is 4. The monoisotopic (exact) mass is 207 g/mol. The Labute approximate surface area is 88.0 Å². The van der Waals surface area contributed by atoms with Gasteiger partial charge in [0.2, 0.25) is 0 Å². The first-order valence-corrected chi connectivity index (χ1v) is 4.61. The van der Waals surface area contributed by atoms with Gasteiger partial charge in [0.25, 0.3) is 0 Å². The van der Waals surface area contributed by atoms with Crippen LogP contribution in [0.2, 0.25) is 0 Å². The van der Waals surface area contributed by atoms with E-state index in [2.05, 4.69) is 11.1 Å². The highest BCUT2D eigenvalue weighted by Crippen LogP contribution is 2.19. The van der Waals surface area contributed by atoms with E-state index in [1.165, 1.54) is 12.5 Å². The second kappa shape index (κ2) is 4.13. The molecule has 5 nitrogen and oxygen atoms in total. The van der Waals surface area contributed by atoms with Gasteiger partial charge in [-0.15, -0.1) is 0 Å². The van der Waals surface area contributed by atoms with Gasteiger partial charge >= 0.3 is 5.97 Å². The van der Waals surface area contributed by atoms with E-state index in [0.29, 0.717) is 13.0 Å². The molecule has 0 fully saturated rings. The Kier molecular flexibility index (Phi) is 3.10. The highest BCUT2D eigenvalue weighted by Gasteiger charge is 2.16. The molecule has 0 amide bonds. The molecule has 0 bridgehead atoms. The fourth-order valence-corrected chi connectivity index (χ4v) is 1.06. The molecule has 0 spiro atoms. The van der Waals surface area contributed by atoms with Crippen molar-refractivity contribution in [2.45, 2.75) is 26.8 Å². The van der Waals surface area contributed by atoms with Gasteiger partial charge in [-0.2, -0.15) is 5.26 Å². The summed E-state index contributed by atoms with van der Waals surface area (Å²) in [5.74, 6) is -1.03. The van der Waals surface area contributed by atoms with E-state index in [9.17, 15) is 4.79 Å². The van der Waals surface area contributed by atoms with Gasteiger partial charge in [0.15, 0.2) is 5.69 Å². The molecule has 15 heavy (non-hydrogen) atoms. The Balaban J connectivity index is 2.60. The summed E-state index contributed by atoms with van der Waals surface area (Å²) in [5.41, 5.74) is -0.363. The van der Waals surface area contributed by atoms with Gasteiger partial charge < -0.3 is 9.67 Å². The Morgan fingerprint density at radius 3 is 2.87 bits per heavy atom. The van der Waals surface area contributed by atoms with E-state index in [4.69, 9.17) is 10.4 Å². The lowest BCUT2D eigenvalue weighted by molar-refractivity contribution is 0.0691. The molecular formula is C10H13N3O2. The van der Waals surface area contributed by atoms with E-state index < -0.39 is 11.4 Å². The van der Waals surface area contributed by atoms with Crippen LogP contribution in [0, 0.1) is 16.7 Å². The lowest BCUT2D eigenvalue weighted by Gasteiger charge is -2.14. The summed E-state index contributed by atoms with van der Waals surface area (Å²) in [6.07, 6.45) is 3.60. The highest BCUT2D eigenvalue weighted by molar-refractivity contribution is 5.84. The van der Waals surface area contributed by atoms with Gasteiger partial charge in [-0.25, -0.2) is 9.78 Å². The van der Waals surface area contributed by atoms with Crippen molar-refractivity contribution in [3.05, 3.63) is 18.2 Å². The largest absolute Gasteiger partial charge is 0.476 e. The molecule has 1 heterocycles. The molecule has 1 N–H and O–H groups in total. The van der Waals surface area contributed by atoms with E-state index in [0.717, 1.165) is 0 Å². The molecule has 0 atom stereocenters. The first-order valence-electron chi connectivity index (χ1n) is 4.61. The maximum Gasteiger partial charge on any atom is 0.356 e. The predicted octanol–water partition coefficient (Wildman–Crippen LogP) is 1.52. The van der Waals surface area contributed by atoms with Crippen LogP contribution in [0.15, 0.2) is 12.5 Å². The minimum Gasteiger partial charge on any atom is -0.476 e. The zero-order valence-electron chi connectivity index (χ0n) is 8.77. The number of nitrogens with zero attached hydrogens (tertiary/aromatic N) is 3. The number of imidazole rings is 1. The molecule has 80 valence electrons. The summed E-state index contributed by atoms with van der Waals surface area (Å²) < 4.78 is 1.68. The highest BCUT2D eigenvalue weighted by atomic mass is 16.4. The number of hydrogen-bond acceptors (Lipinski definition) is 3. The van der Waals surface area contributed by atoms with Crippen molar-refractivity contribution in [1.82, 2.24) is 9.55 Å². The standard InChI is InChI=1S/C10H13N3O2/c1-10(2,6-11)3-4-13-5-8(9(14)15)12-7-13/h5,7H,3-4H2,1-2H3,(H,14,15). The van der Waals surface area contributed by atoms with Crippen molar-refractivity contribution >= 4 is 5.97 Å². The van der Waals surface area contributed by atoms with Crippen LogP contribution in [0.5, 0.6) is 0 Å². The molecule has 0 aliphatic rings. The quantitative estimate of drug-likeness (QED) is 0.811. The van der Waals surface area contributed by atoms with Gasteiger partial charge in [-0.3, -0.25) is 0 Å². The Morgan fingerprint density at radius 2 is 2.40 bits per heavy atom. The van der Waals surface area contributed by atoms with Crippen molar-refractivity contribution in [3.8, 4) is 6.07 Å². The molecule has 0 aliphatic heterocycles. The number of aromatic carboxylic acids is 1. The molecule has 0 saturated carbocycles. The molecule has 0 radical (unpaired) electrons. The van der Waals surface area contributed by atoms with Crippen LogP contribution in [0.4, 0.5) is 0 Å². The van der Waals surface area contributed by atoms with Crippen molar-refractivity contribution in [2.24, 2.45) is 5.41 Å². The normalized spacial score (nSPS) is 11.0. The fourth-order valence-electron chi connectivity index (χ4n) is 1.06. The van der Waals surface area contributed by atoms with Crippen LogP contribution >= 0.6 is 0 Å². The number of aryl methyl sites for hydroxylation is 1. The third-order valence-electron chi connectivity index (χ3n) is 2.15. The predicted molar refractivity (Wildman–Crippen MR) is 53.2 cm³/mol. The first kappa shape index (κ1) is 11.2. The maximum atomic E-state index is 10.5. The van der Waals surface area contributed by atoms with Crippen LogP contribution in [0.3, 0.4) is 0 Å². The molecule has 1 rings (SSSR count). The molecule has 5 heteroatoms. The third-order valence-corrected chi connectivity index (χ3v) is 2.15. The zero-order chi connectivity index (χ0) is 11.5. The van der Waals surface area contributed by atoms with Crippen LogP contribution in [0.1, 0.15) is 30.8 Å². The second-order valence-corrected chi connectivity index (χ2v) is 4.05.